The fourth-order valence-corrected chi connectivity index (χ4v) is 2.00. The number of hydrogen-bond acceptors (Lipinski definition) is 3. The van der Waals surface area contributed by atoms with E-state index in [1.807, 2.05) is 32.0 Å². The first-order valence-corrected chi connectivity index (χ1v) is 6.75. The maximum Gasteiger partial charge on any atom is 0.286 e. The summed E-state index contributed by atoms with van der Waals surface area (Å²) in [6.07, 6.45) is 1.64. The van der Waals surface area contributed by atoms with Crippen LogP contribution in [0.4, 0.5) is 5.69 Å². The van der Waals surface area contributed by atoms with Crippen molar-refractivity contribution in [3.63, 3.8) is 0 Å². The number of aryl methyl sites for hydroxylation is 2. The van der Waals surface area contributed by atoms with Gasteiger partial charge in [0, 0.05) is 18.7 Å². The maximum absolute atomic E-state index is 11.9. The van der Waals surface area contributed by atoms with Crippen molar-refractivity contribution in [1.29, 1.82) is 0 Å². The van der Waals surface area contributed by atoms with Gasteiger partial charge in [0.05, 0.1) is 6.26 Å². The molecular weight excluding hydrogens is 268 g/mol. The highest BCUT2D eigenvalue weighted by molar-refractivity contribution is 5.94. The second kappa shape index (κ2) is 6.74. The molecule has 21 heavy (non-hydrogen) atoms. The Balaban J connectivity index is 1.82. The summed E-state index contributed by atoms with van der Waals surface area (Å²) in [4.78, 5) is 23.5. The number of hydrogen-bond donors (Lipinski definition) is 2. The van der Waals surface area contributed by atoms with E-state index in [9.17, 15) is 9.59 Å². The second-order valence-electron chi connectivity index (χ2n) is 4.80. The van der Waals surface area contributed by atoms with E-state index >= 15 is 0 Å². The van der Waals surface area contributed by atoms with E-state index in [1.54, 1.807) is 12.1 Å². The van der Waals surface area contributed by atoms with Crippen LogP contribution in [-0.2, 0) is 4.79 Å². The Morgan fingerprint density at radius 3 is 2.43 bits per heavy atom. The number of anilines is 1. The van der Waals surface area contributed by atoms with Crippen LogP contribution in [0.25, 0.3) is 0 Å². The van der Waals surface area contributed by atoms with Crippen molar-refractivity contribution in [1.82, 2.24) is 5.32 Å². The topological polar surface area (TPSA) is 71.3 Å². The van der Waals surface area contributed by atoms with Crippen LogP contribution in [-0.4, -0.2) is 18.4 Å². The normalized spacial score (nSPS) is 10.2. The van der Waals surface area contributed by atoms with E-state index in [-0.39, 0.29) is 30.5 Å². The molecule has 2 rings (SSSR count). The molecule has 0 saturated heterocycles. The lowest BCUT2D eigenvalue weighted by Crippen LogP contribution is -2.27. The first kappa shape index (κ1) is 14.8. The third kappa shape index (κ3) is 3.95. The predicted molar refractivity (Wildman–Crippen MR) is 80.2 cm³/mol. The van der Waals surface area contributed by atoms with Crippen LogP contribution in [0.15, 0.2) is 41.0 Å². The maximum atomic E-state index is 11.9. The molecule has 5 nitrogen and oxygen atoms in total. The molecule has 1 aromatic carbocycles. The van der Waals surface area contributed by atoms with Crippen molar-refractivity contribution >= 4 is 17.5 Å². The number of carbonyl (C=O) groups is 2. The number of furan rings is 1. The second-order valence-corrected chi connectivity index (χ2v) is 4.80. The molecule has 2 amide bonds. The van der Waals surface area contributed by atoms with E-state index in [0.717, 1.165) is 16.8 Å². The molecule has 1 heterocycles. The van der Waals surface area contributed by atoms with E-state index in [0.29, 0.717) is 0 Å². The number of nitrogens with one attached hydrogen (secondary N) is 2. The summed E-state index contributed by atoms with van der Waals surface area (Å²) >= 11 is 0. The van der Waals surface area contributed by atoms with Gasteiger partial charge < -0.3 is 15.1 Å². The molecule has 0 aliphatic rings. The van der Waals surface area contributed by atoms with E-state index < -0.39 is 0 Å². The lowest BCUT2D eigenvalue weighted by Gasteiger charge is -2.11. The third-order valence-electron chi connectivity index (χ3n) is 3.13. The van der Waals surface area contributed by atoms with Gasteiger partial charge in [0.2, 0.25) is 5.91 Å². The quantitative estimate of drug-likeness (QED) is 0.887. The fourth-order valence-electron chi connectivity index (χ4n) is 2.00. The first-order chi connectivity index (χ1) is 10.1. The summed E-state index contributed by atoms with van der Waals surface area (Å²) in [5.74, 6) is -0.211. The summed E-state index contributed by atoms with van der Waals surface area (Å²) < 4.78 is 4.97. The molecule has 0 unspecified atom stereocenters. The van der Waals surface area contributed by atoms with Gasteiger partial charge in [0.15, 0.2) is 5.76 Å². The van der Waals surface area contributed by atoms with Crippen LogP contribution in [0.5, 0.6) is 0 Å². The van der Waals surface area contributed by atoms with Gasteiger partial charge in [-0.05, 0) is 37.1 Å². The van der Waals surface area contributed by atoms with Gasteiger partial charge in [-0.25, -0.2) is 0 Å². The Morgan fingerprint density at radius 1 is 1.10 bits per heavy atom. The van der Waals surface area contributed by atoms with Gasteiger partial charge in [-0.3, -0.25) is 9.59 Å². The Kier molecular flexibility index (Phi) is 4.77. The lowest BCUT2D eigenvalue weighted by atomic mass is 10.1. The monoisotopic (exact) mass is 286 g/mol. The SMILES string of the molecule is Cc1cccc(C)c1NC(=O)CCNC(=O)c1ccco1. The fraction of sp³-hybridized carbons (Fsp3) is 0.250. The Bertz CT molecular complexity index is 613. The third-order valence-corrected chi connectivity index (χ3v) is 3.13. The number of rotatable bonds is 5. The van der Waals surface area contributed by atoms with Crippen LogP contribution in [0, 0.1) is 13.8 Å². The highest BCUT2D eigenvalue weighted by Gasteiger charge is 2.10. The molecule has 0 atom stereocenters. The molecule has 0 fully saturated rings. The smallest absolute Gasteiger partial charge is 0.286 e. The van der Waals surface area contributed by atoms with Gasteiger partial charge in [0.1, 0.15) is 0 Å². The molecule has 2 N–H and O–H groups in total. The van der Waals surface area contributed by atoms with Crippen LogP contribution < -0.4 is 10.6 Å². The number of benzene rings is 1. The summed E-state index contributed by atoms with van der Waals surface area (Å²) in [6, 6.07) is 9.06. The molecule has 0 radical (unpaired) electrons. The molecule has 0 bridgehead atoms. The molecule has 0 aliphatic heterocycles. The molecule has 1 aromatic heterocycles. The molecule has 0 saturated carbocycles. The average Bonchev–Trinajstić information content (AvgIpc) is 2.97. The van der Waals surface area contributed by atoms with Crippen LogP contribution >= 0.6 is 0 Å². The zero-order valence-electron chi connectivity index (χ0n) is 12.1. The molecular formula is C16H18N2O3. The zero-order valence-corrected chi connectivity index (χ0v) is 12.1. The minimum atomic E-state index is -0.320. The molecule has 2 aromatic rings. The standard InChI is InChI=1S/C16H18N2O3/c1-11-5-3-6-12(2)15(11)18-14(19)8-9-17-16(20)13-7-4-10-21-13/h3-7,10H,8-9H2,1-2H3,(H,17,20)(H,18,19). The van der Waals surface area contributed by atoms with Gasteiger partial charge in [-0.1, -0.05) is 18.2 Å². The average molecular weight is 286 g/mol. The van der Waals surface area contributed by atoms with E-state index in [1.165, 1.54) is 6.26 Å². The minimum Gasteiger partial charge on any atom is -0.459 e. The van der Waals surface area contributed by atoms with Gasteiger partial charge in [-0.15, -0.1) is 0 Å². The van der Waals surface area contributed by atoms with Crippen LogP contribution in [0.2, 0.25) is 0 Å². The summed E-state index contributed by atoms with van der Waals surface area (Å²) in [6.45, 7) is 4.15. The highest BCUT2D eigenvalue weighted by atomic mass is 16.3. The first-order valence-electron chi connectivity index (χ1n) is 6.75. The minimum absolute atomic E-state index is 0.132. The highest BCUT2D eigenvalue weighted by Crippen LogP contribution is 2.19. The molecule has 5 heteroatoms. The van der Waals surface area contributed by atoms with Crippen molar-refractivity contribution in [3.05, 3.63) is 53.5 Å². The number of amides is 2. The molecule has 110 valence electrons. The van der Waals surface area contributed by atoms with E-state index in [2.05, 4.69) is 10.6 Å². The largest absolute Gasteiger partial charge is 0.459 e. The van der Waals surface area contributed by atoms with Gasteiger partial charge in [0.25, 0.3) is 5.91 Å². The molecule has 0 spiro atoms. The zero-order chi connectivity index (χ0) is 15.2. The van der Waals surface area contributed by atoms with Crippen LogP contribution in [0.1, 0.15) is 28.1 Å². The summed E-state index contributed by atoms with van der Waals surface area (Å²) in [5.41, 5.74) is 2.87. The van der Waals surface area contributed by atoms with E-state index in [4.69, 9.17) is 4.42 Å². The van der Waals surface area contributed by atoms with Gasteiger partial charge >= 0.3 is 0 Å². The van der Waals surface area contributed by atoms with Crippen LogP contribution in [0.3, 0.4) is 0 Å². The predicted octanol–water partition coefficient (Wildman–Crippen LogP) is 2.66. The Morgan fingerprint density at radius 2 is 1.81 bits per heavy atom. The van der Waals surface area contributed by atoms with Crippen molar-refractivity contribution in [2.45, 2.75) is 20.3 Å². The van der Waals surface area contributed by atoms with Crippen molar-refractivity contribution < 1.29 is 14.0 Å². The van der Waals surface area contributed by atoms with Crippen molar-refractivity contribution in [2.24, 2.45) is 0 Å². The molecule has 0 aliphatic carbocycles. The number of para-hydroxylation sites is 1. The van der Waals surface area contributed by atoms with Crippen molar-refractivity contribution in [3.8, 4) is 0 Å². The van der Waals surface area contributed by atoms with Gasteiger partial charge in [-0.2, -0.15) is 0 Å². The summed E-state index contributed by atoms with van der Waals surface area (Å²) in [5, 5.41) is 5.51. The lowest BCUT2D eigenvalue weighted by molar-refractivity contribution is -0.116. The number of carbonyl (C=O) groups excluding carboxylic acids is 2. The Labute approximate surface area is 123 Å². The summed E-state index contributed by atoms with van der Waals surface area (Å²) in [7, 11) is 0. The van der Waals surface area contributed by atoms with Crippen molar-refractivity contribution in [2.75, 3.05) is 11.9 Å². The Hall–Kier alpha value is -2.56.